The quantitative estimate of drug-likeness (QED) is 0.677. The van der Waals surface area contributed by atoms with Crippen LogP contribution in [-0.2, 0) is 6.18 Å². The molecule has 2 rings (SSSR count). The van der Waals surface area contributed by atoms with Gasteiger partial charge in [-0.3, -0.25) is 4.98 Å². The molecule has 7 heteroatoms. The van der Waals surface area contributed by atoms with Gasteiger partial charge in [0.2, 0.25) is 0 Å². The van der Waals surface area contributed by atoms with Crippen molar-refractivity contribution in [3.63, 3.8) is 0 Å². The molecule has 0 bridgehead atoms. The second kappa shape index (κ2) is 2.60. The lowest BCUT2D eigenvalue weighted by Crippen LogP contribution is -2.07. The number of imidazole rings is 1. The molecule has 0 saturated heterocycles. The lowest BCUT2D eigenvalue weighted by molar-refractivity contribution is -0.141. The van der Waals surface area contributed by atoms with Gasteiger partial charge in [0.1, 0.15) is 5.69 Å². The molecule has 0 aromatic carbocycles. The van der Waals surface area contributed by atoms with Crippen LogP contribution in [0.5, 0.6) is 0 Å². The van der Waals surface area contributed by atoms with Crippen molar-refractivity contribution in [2.24, 2.45) is 0 Å². The molecule has 0 aliphatic carbocycles. The number of rotatable bonds is 0. The molecule has 0 aliphatic heterocycles. The molecule has 0 unspecified atom stereocenters. The van der Waals surface area contributed by atoms with Gasteiger partial charge in [-0.2, -0.15) is 13.2 Å². The number of aromatic amines is 2. The van der Waals surface area contributed by atoms with E-state index < -0.39 is 17.6 Å². The van der Waals surface area contributed by atoms with Gasteiger partial charge in [-0.05, 0) is 12.1 Å². The van der Waals surface area contributed by atoms with Crippen LogP contribution in [0.15, 0.2) is 16.9 Å². The third-order valence-corrected chi connectivity index (χ3v) is 1.67. The largest absolute Gasteiger partial charge is 0.433 e. The molecule has 0 radical (unpaired) electrons. The first-order valence-electron chi connectivity index (χ1n) is 3.63. The fraction of sp³-hybridized carbons (Fsp3) is 0.143. The van der Waals surface area contributed by atoms with E-state index >= 15 is 0 Å². The van der Waals surface area contributed by atoms with Gasteiger partial charge in [-0.1, -0.05) is 0 Å². The van der Waals surface area contributed by atoms with E-state index in [9.17, 15) is 18.0 Å². The maximum Gasteiger partial charge on any atom is 0.433 e. The zero-order chi connectivity index (χ0) is 10.3. The smallest absolute Gasteiger partial charge is 0.304 e. The standard InChI is InChI=1S/C7H4F3N3O/c8-7(9,10)4-2-1-3-5(12-4)13-6(14)11-3/h1-2H,(H2,11,12,13,14). The number of hydrogen-bond donors (Lipinski definition) is 2. The minimum Gasteiger partial charge on any atom is -0.304 e. The number of aromatic nitrogens is 3. The summed E-state index contributed by atoms with van der Waals surface area (Å²) in [6.45, 7) is 0. The average Bonchev–Trinajstić information content (AvgIpc) is 2.41. The second-order valence-corrected chi connectivity index (χ2v) is 2.67. The summed E-state index contributed by atoms with van der Waals surface area (Å²) in [7, 11) is 0. The molecular formula is C7H4F3N3O. The summed E-state index contributed by atoms with van der Waals surface area (Å²) in [5.74, 6) is 0. The highest BCUT2D eigenvalue weighted by Crippen LogP contribution is 2.27. The van der Waals surface area contributed by atoms with Gasteiger partial charge in [-0.15, -0.1) is 0 Å². The second-order valence-electron chi connectivity index (χ2n) is 2.67. The summed E-state index contributed by atoms with van der Waals surface area (Å²) in [5.41, 5.74) is -1.44. The number of fused-ring (bicyclic) bond motifs is 1. The van der Waals surface area contributed by atoms with Crippen LogP contribution in [0.2, 0.25) is 0 Å². The number of alkyl halides is 3. The number of H-pyrrole nitrogens is 2. The third kappa shape index (κ3) is 1.36. The van der Waals surface area contributed by atoms with Crippen molar-refractivity contribution in [3.8, 4) is 0 Å². The molecule has 2 N–H and O–H groups in total. The Labute approximate surface area is 74.8 Å². The van der Waals surface area contributed by atoms with Gasteiger partial charge in [0.25, 0.3) is 0 Å². The molecule has 2 aromatic rings. The van der Waals surface area contributed by atoms with Crippen LogP contribution in [0.25, 0.3) is 11.2 Å². The Morgan fingerprint density at radius 3 is 2.57 bits per heavy atom. The van der Waals surface area contributed by atoms with Crippen molar-refractivity contribution < 1.29 is 13.2 Å². The molecule has 0 amide bonds. The summed E-state index contributed by atoms with van der Waals surface area (Å²) in [6.07, 6.45) is -4.50. The summed E-state index contributed by atoms with van der Waals surface area (Å²) in [5, 5.41) is 0. The first-order chi connectivity index (χ1) is 6.47. The van der Waals surface area contributed by atoms with Gasteiger partial charge in [-0.25, -0.2) is 9.78 Å². The molecule has 0 atom stereocenters. The van der Waals surface area contributed by atoms with Crippen LogP contribution < -0.4 is 5.69 Å². The first kappa shape index (κ1) is 8.79. The first-order valence-corrected chi connectivity index (χ1v) is 3.63. The van der Waals surface area contributed by atoms with Gasteiger partial charge in [0, 0.05) is 0 Å². The fourth-order valence-corrected chi connectivity index (χ4v) is 1.07. The molecule has 0 fully saturated rings. The summed E-state index contributed by atoms with van der Waals surface area (Å²) < 4.78 is 36.5. The lowest BCUT2D eigenvalue weighted by atomic mass is 10.3. The van der Waals surface area contributed by atoms with Crippen LogP contribution in [0, 0.1) is 0 Å². The van der Waals surface area contributed by atoms with E-state index in [0.29, 0.717) is 0 Å². The Hall–Kier alpha value is -1.79. The number of nitrogens with one attached hydrogen (secondary N) is 2. The predicted octanol–water partition coefficient (Wildman–Crippen LogP) is 1.27. The van der Waals surface area contributed by atoms with E-state index in [1.54, 1.807) is 0 Å². The van der Waals surface area contributed by atoms with Gasteiger partial charge in [0.05, 0.1) is 5.52 Å². The Bertz CT molecular complexity index is 525. The van der Waals surface area contributed by atoms with Crippen molar-refractivity contribution in [2.45, 2.75) is 6.18 Å². The lowest BCUT2D eigenvalue weighted by Gasteiger charge is -2.03. The van der Waals surface area contributed by atoms with Crippen LogP contribution in [-0.4, -0.2) is 15.0 Å². The molecule has 2 aromatic heterocycles. The highest BCUT2D eigenvalue weighted by molar-refractivity contribution is 5.69. The molecule has 4 nitrogen and oxygen atoms in total. The van der Waals surface area contributed by atoms with Crippen LogP contribution in [0.1, 0.15) is 5.69 Å². The van der Waals surface area contributed by atoms with E-state index in [4.69, 9.17) is 0 Å². The molecule has 14 heavy (non-hydrogen) atoms. The van der Waals surface area contributed by atoms with Crippen molar-refractivity contribution in [3.05, 3.63) is 28.3 Å². The van der Waals surface area contributed by atoms with Crippen LogP contribution >= 0.6 is 0 Å². The zero-order valence-corrected chi connectivity index (χ0v) is 6.64. The van der Waals surface area contributed by atoms with E-state index in [2.05, 4.69) is 15.0 Å². The van der Waals surface area contributed by atoms with Crippen molar-refractivity contribution in [1.82, 2.24) is 15.0 Å². The van der Waals surface area contributed by atoms with E-state index in [1.807, 2.05) is 0 Å². The predicted molar refractivity (Wildman–Crippen MR) is 41.7 cm³/mol. The Morgan fingerprint density at radius 2 is 1.93 bits per heavy atom. The number of halogens is 3. The minimum atomic E-state index is -4.50. The summed E-state index contributed by atoms with van der Waals surface area (Å²) in [4.78, 5) is 18.4. The minimum absolute atomic E-state index is 0.0928. The monoisotopic (exact) mass is 203 g/mol. The molecular weight excluding hydrogens is 199 g/mol. The maximum atomic E-state index is 12.2. The SMILES string of the molecule is O=c1[nH]c2ccc(C(F)(F)F)nc2[nH]1. The van der Waals surface area contributed by atoms with Crippen molar-refractivity contribution >= 4 is 11.2 Å². The molecule has 2 heterocycles. The van der Waals surface area contributed by atoms with Crippen LogP contribution in [0.3, 0.4) is 0 Å². The van der Waals surface area contributed by atoms with Crippen molar-refractivity contribution in [2.75, 3.05) is 0 Å². The zero-order valence-electron chi connectivity index (χ0n) is 6.64. The number of hydrogen-bond acceptors (Lipinski definition) is 2. The van der Waals surface area contributed by atoms with E-state index in [-0.39, 0.29) is 11.2 Å². The highest BCUT2D eigenvalue weighted by Gasteiger charge is 2.32. The highest BCUT2D eigenvalue weighted by atomic mass is 19.4. The summed E-state index contributed by atoms with van der Waals surface area (Å²) >= 11 is 0. The molecule has 0 aliphatic rings. The molecule has 0 saturated carbocycles. The van der Waals surface area contributed by atoms with E-state index in [0.717, 1.165) is 12.1 Å². The van der Waals surface area contributed by atoms with Crippen molar-refractivity contribution in [1.29, 1.82) is 0 Å². The van der Waals surface area contributed by atoms with Gasteiger partial charge in [0.15, 0.2) is 5.65 Å². The normalized spacial score (nSPS) is 12.2. The average molecular weight is 203 g/mol. The Kier molecular flexibility index (Phi) is 1.63. The Balaban J connectivity index is 2.67. The topological polar surface area (TPSA) is 61.5 Å². The van der Waals surface area contributed by atoms with Crippen LogP contribution in [0.4, 0.5) is 13.2 Å². The van der Waals surface area contributed by atoms with E-state index in [1.165, 1.54) is 0 Å². The number of pyridine rings is 1. The molecule has 0 spiro atoms. The Morgan fingerprint density at radius 1 is 1.21 bits per heavy atom. The molecule has 74 valence electrons. The maximum absolute atomic E-state index is 12.2. The third-order valence-electron chi connectivity index (χ3n) is 1.67. The summed E-state index contributed by atoms with van der Waals surface area (Å²) in [6, 6.07) is 1.97. The van der Waals surface area contributed by atoms with Gasteiger partial charge < -0.3 is 4.98 Å². The van der Waals surface area contributed by atoms with Gasteiger partial charge >= 0.3 is 11.9 Å². The number of nitrogens with zero attached hydrogens (tertiary/aromatic N) is 1. The fourth-order valence-electron chi connectivity index (χ4n) is 1.07.